The Morgan fingerprint density at radius 3 is 2.89 bits per heavy atom. The number of rotatable bonds is 3. The van der Waals surface area contributed by atoms with Gasteiger partial charge in [-0.15, -0.1) is 0 Å². The van der Waals surface area contributed by atoms with Crippen LogP contribution in [0, 0.1) is 0 Å². The Hall–Kier alpha value is -1.82. The van der Waals surface area contributed by atoms with Gasteiger partial charge in [-0.2, -0.15) is 0 Å². The molecule has 0 aliphatic rings. The van der Waals surface area contributed by atoms with E-state index in [1.54, 1.807) is 30.7 Å². The first-order chi connectivity index (χ1) is 8.99. The molecule has 0 aromatic carbocycles. The summed E-state index contributed by atoms with van der Waals surface area (Å²) in [4.78, 5) is 16.2. The van der Waals surface area contributed by atoms with E-state index in [0.717, 1.165) is 4.47 Å². The highest BCUT2D eigenvalue weighted by Crippen LogP contribution is 2.22. The summed E-state index contributed by atoms with van der Waals surface area (Å²) in [5.74, 6) is -0.197. The van der Waals surface area contributed by atoms with E-state index in [0.29, 0.717) is 17.1 Å². The molecule has 100 valence electrons. The summed E-state index contributed by atoms with van der Waals surface area (Å²) < 4.78 is 2.58. The molecule has 0 saturated heterocycles. The Kier molecular flexibility index (Phi) is 3.90. The number of nitrogens with one attached hydrogen (secondary N) is 1. The van der Waals surface area contributed by atoms with Crippen molar-refractivity contribution in [2.24, 2.45) is 0 Å². The molecule has 0 saturated carbocycles. The molecular weight excluding hydrogens is 308 g/mol. The molecule has 0 spiro atoms. The van der Waals surface area contributed by atoms with E-state index in [4.69, 9.17) is 5.73 Å². The van der Waals surface area contributed by atoms with Gasteiger partial charge in [0.15, 0.2) is 0 Å². The number of carbonyl (C=O) groups excluding carboxylic acids is 1. The van der Waals surface area contributed by atoms with E-state index in [-0.39, 0.29) is 11.9 Å². The van der Waals surface area contributed by atoms with Crippen molar-refractivity contribution in [1.82, 2.24) is 9.55 Å². The van der Waals surface area contributed by atoms with Crippen LogP contribution in [0.1, 0.15) is 30.4 Å². The van der Waals surface area contributed by atoms with Gasteiger partial charge in [0, 0.05) is 24.6 Å². The Morgan fingerprint density at radius 2 is 2.26 bits per heavy atom. The second-order valence-electron chi connectivity index (χ2n) is 4.47. The molecule has 0 fully saturated rings. The molecule has 2 aromatic heterocycles. The fourth-order valence-electron chi connectivity index (χ4n) is 1.77. The van der Waals surface area contributed by atoms with Crippen molar-refractivity contribution in [2.75, 3.05) is 11.1 Å². The molecule has 0 aliphatic heterocycles. The lowest BCUT2D eigenvalue weighted by atomic mass is 10.3. The van der Waals surface area contributed by atoms with Crippen LogP contribution in [-0.2, 0) is 0 Å². The van der Waals surface area contributed by atoms with Gasteiger partial charge in [0.1, 0.15) is 5.69 Å². The SMILES string of the molecule is CC(C)n1cc(N)cc1C(=O)Nc1ccncc1Br. The van der Waals surface area contributed by atoms with Gasteiger partial charge in [-0.1, -0.05) is 0 Å². The molecule has 0 aliphatic carbocycles. The van der Waals surface area contributed by atoms with Gasteiger partial charge < -0.3 is 15.6 Å². The van der Waals surface area contributed by atoms with Crippen LogP contribution in [0.3, 0.4) is 0 Å². The van der Waals surface area contributed by atoms with Crippen molar-refractivity contribution >= 4 is 33.2 Å². The van der Waals surface area contributed by atoms with Crippen molar-refractivity contribution in [3.05, 3.63) is 40.9 Å². The number of carbonyl (C=O) groups is 1. The number of hydrogen-bond acceptors (Lipinski definition) is 3. The first kappa shape index (κ1) is 13.6. The third-order valence-corrected chi connectivity index (χ3v) is 3.31. The fraction of sp³-hybridized carbons (Fsp3) is 0.231. The summed E-state index contributed by atoms with van der Waals surface area (Å²) in [6.07, 6.45) is 5.02. The zero-order valence-electron chi connectivity index (χ0n) is 10.7. The van der Waals surface area contributed by atoms with Crippen LogP contribution < -0.4 is 11.1 Å². The molecule has 6 heteroatoms. The van der Waals surface area contributed by atoms with E-state index >= 15 is 0 Å². The van der Waals surface area contributed by atoms with E-state index in [1.807, 2.05) is 18.4 Å². The molecule has 0 bridgehead atoms. The van der Waals surface area contributed by atoms with Gasteiger partial charge in [0.2, 0.25) is 0 Å². The van der Waals surface area contributed by atoms with Crippen molar-refractivity contribution in [3.63, 3.8) is 0 Å². The quantitative estimate of drug-likeness (QED) is 0.912. The van der Waals surface area contributed by atoms with Crippen LogP contribution in [0.5, 0.6) is 0 Å². The van der Waals surface area contributed by atoms with Gasteiger partial charge in [0.05, 0.1) is 15.8 Å². The molecule has 2 rings (SSSR count). The maximum atomic E-state index is 12.3. The van der Waals surface area contributed by atoms with Gasteiger partial charge in [-0.25, -0.2) is 0 Å². The molecule has 0 atom stereocenters. The monoisotopic (exact) mass is 322 g/mol. The maximum Gasteiger partial charge on any atom is 0.272 e. The molecule has 2 aromatic rings. The van der Waals surface area contributed by atoms with E-state index < -0.39 is 0 Å². The van der Waals surface area contributed by atoms with Gasteiger partial charge in [-0.05, 0) is 41.9 Å². The number of amides is 1. The summed E-state index contributed by atoms with van der Waals surface area (Å²) in [7, 11) is 0. The van der Waals surface area contributed by atoms with Gasteiger partial charge in [-0.3, -0.25) is 9.78 Å². The number of nitrogen functional groups attached to an aromatic ring is 1. The van der Waals surface area contributed by atoms with Crippen molar-refractivity contribution in [3.8, 4) is 0 Å². The van der Waals surface area contributed by atoms with E-state index in [1.165, 1.54) is 0 Å². The largest absolute Gasteiger partial charge is 0.397 e. The third kappa shape index (κ3) is 2.96. The minimum Gasteiger partial charge on any atom is -0.397 e. The Morgan fingerprint density at radius 1 is 1.53 bits per heavy atom. The van der Waals surface area contributed by atoms with Crippen molar-refractivity contribution in [1.29, 1.82) is 0 Å². The molecule has 1 amide bonds. The summed E-state index contributed by atoms with van der Waals surface area (Å²) in [5, 5.41) is 2.83. The number of anilines is 2. The second-order valence-corrected chi connectivity index (χ2v) is 5.32. The second kappa shape index (κ2) is 5.44. The lowest BCUT2D eigenvalue weighted by molar-refractivity contribution is 0.101. The topological polar surface area (TPSA) is 72.9 Å². The number of pyridine rings is 1. The molecule has 19 heavy (non-hydrogen) atoms. The minimum absolute atomic E-state index is 0.166. The van der Waals surface area contributed by atoms with Crippen LogP contribution >= 0.6 is 15.9 Å². The summed E-state index contributed by atoms with van der Waals surface area (Å²) >= 11 is 3.34. The fourth-order valence-corrected chi connectivity index (χ4v) is 2.12. The first-order valence-electron chi connectivity index (χ1n) is 5.87. The normalized spacial score (nSPS) is 10.7. The summed E-state index contributed by atoms with van der Waals surface area (Å²) in [5.41, 5.74) is 7.55. The number of halogens is 1. The highest BCUT2D eigenvalue weighted by Gasteiger charge is 2.15. The number of aromatic nitrogens is 2. The van der Waals surface area contributed by atoms with Crippen molar-refractivity contribution < 1.29 is 4.79 Å². The van der Waals surface area contributed by atoms with Crippen LogP contribution in [0.2, 0.25) is 0 Å². The van der Waals surface area contributed by atoms with Crippen LogP contribution in [0.25, 0.3) is 0 Å². The standard InChI is InChI=1S/C13H15BrN4O/c1-8(2)18-7-9(15)5-12(18)13(19)17-11-3-4-16-6-10(11)14/h3-8H,15H2,1-2H3,(H,16,17,19). The van der Waals surface area contributed by atoms with Crippen LogP contribution in [-0.4, -0.2) is 15.5 Å². The van der Waals surface area contributed by atoms with E-state index in [2.05, 4.69) is 26.2 Å². The summed E-state index contributed by atoms with van der Waals surface area (Å²) in [6, 6.07) is 3.57. The third-order valence-electron chi connectivity index (χ3n) is 2.68. The zero-order valence-corrected chi connectivity index (χ0v) is 12.3. The smallest absolute Gasteiger partial charge is 0.272 e. The van der Waals surface area contributed by atoms with Gasteiger partial charge >= 0.3 is 0 Å². The maximum absolute atomic E-state index is 12.3. The molecular formula is C13H15BrN4O. The lowest BCUT2D eigenvalue weighted by Gasteiger charge is -2.13. The van der Waals surface area contributed by atoms with Gasteiger partial charge in [0.25, 0.3) is 5.91 Å². The predicted octanol–water partition coefficient (Wildman–Crippen LogP) is 3.06. The number of nitrogens with zero attached hydrogens (tertiary/aromatic N) is 2. The first-order valence-corrected chi connectivity index (χ1v) is 6.66. The molecule has 0 unspecified atom stereocenters. The number of nitrogens with two attached hydrogens (primary N) is 1. The average molecular weight is 323 g/mol. The molecule has 0 radical (unpaired) electrons. The zero-order chi connectivity index (χ0) is 14.0. The Labute approximate surface area is 120 Å². The predicted molar refractivity (Wildman–Crippen MR) is 79.1 cm³/mol. The Bertz CT molecular complexity index is 606. The van der Waals surface area contributed by atoms with Crippen LogP contribution in [0.15, 0.2) is 35.2 Å². The molecule has 2 heterocycles. The summed E-state index contributed by atoms with van der Waals surface area (Å²) in [6.45, 7) is 4.00. The number of hydrogen-bond donors (Lipinski definition) is 2. The minimum atomic E-state index is -0.197. The average Bonchev–Trinajstić information content (AvgIpc) is 2.74. The van der Waals surface area contributed by atoms with Crippen molar-refractivity contribution in [2.45, 2.75) is 19.9 Å². The lowest BCUT2D eigenvalue weighted by Crippen LogP contribution is -2.18. The van der Waals surface area contributed by atoms with Crippen LogP contribution in [0.4, 0.5) is 11.4 Å². The van der Waals surface area contributed by atoms with E-state index in [9.17, 15) is 4.79 Å². The molecule has 3 N–H and O–H groups in total. The molecule has 5 nitrogen and oxygen atoms in total. The highest BCUT2D eigenvalue weighted by atomic mass is 79.9. The highest BCUT2D eigenvalue weighted by molar-refractivity contribution is 9.10. The Balaban J connectivity index is 2.28.